The van der Waals surface area contributed by atoms with Gasteiger partial charge in [-0.25, -0.2) is 13.1 Å². The van der Waals surface area contributed by atoms with E-state index in [1.165, 1.54) is 11.8 Å². The fourth-order valence-electron chi connectivity index (χ4n) is 1.61. The van der Waals surface area contributed by atoms with Crippen LogP contribution in [0, 0.1) is 0 Å². The van der Waals surface area contributed by atoms with Gasteiger partial charge in [-0.15, -0.1) is 5.10 Å². The Morgan fingerprint density at radius 3 is 2.57 bits per heavy atom. The average molecular weight is 391 g/mol. The van der Waals surface area contributed by atoms with E-state index in [4.69, 9.17) is 0 Å². The molecule has 0 radical (unpaired) electrons. The molecule has 0 aliphatic carbocycles. The summed E-state index contributed by atoms with van der Waals surface area (Å²) in [5.74, 6) is 0.454. The van der Waals surface area contributed by atoms with Gasteiger partial charge in [-0.2, -0.15) is 0 Å². The summed E-state index contributed by atoms with van der Waals surface area (Å²) >= 11 is 4.63. The van der Waals surface area contributed by atoms with Gasteiger partial charge in [-0.05, 0) is 48.5 Å². The average Bonchev–Trinajstić information content (AvgIpc) is 2.87. The smallest absolute Gasteiger partial charge is 0.209 e. The Balaban J connectivity index is 1.99. The summed E-state index contributed by atoms with van der Waals surface area (Å²) in [5.41, 5.74) is 0. The Morgan fingerprint density at radius 2 is 1.95 bits per heavy atom. The number of hydrogen-bond donors (Lipinski definition) is 0. The molecule has 9 heteroatoms. The molecule has 21 heavy (non-hydrogen) atoms. The zero-order valence-electron chi connectivity index (χ0n) is 11.6. The van der Waals surface area contributed by atoms with Crippen molar-refractivity contribution in [2.75, 3.05) is 11.5 Å². The highest BCUT2D eigenvalue weighted by molar-refractivity contribution is 9.10. The van der Waals surface area contributed by atoms with Crippen molar-refractivity contribution in [2.24, 2.45) is 0 Å². The molecule has 114 valence electrons. The molecule has 0 amide bonds. The molecule has 1 aromatic carbocycles. The lowest BCUT2D eigenvalue weighted by Crippen LogP contribution is -2.10. The molecule has 1 aromatic heterocycles. The second-order valence-corrected chi connectivity index (χ2v) is 8.71. The molecular weight excluding hydrogens is 376 g/mol. The molecule has 0 N–H and O–H groups in total. The van der Waals surface area contributed by atoms with E-state index in [0.29, 0.717) is 15.8 Å². The van der Waals surface area contributed by atoms with E-state index >= 15 is 0 Å². The zero-order valence-corrected chi connectivity index (χ0v) is 14.8. The van der Waals surface area contributed by atoms with Gasteiger partial charge in [0.25, 0.3) is 0 Å². The van der Waals surface area contributed by atoms with Crippen molar-refractivity contribution >= 4 is 37.5 Å². The minimum atomic E-state index is -3.28. The summed E-state index contributed by atoms with van der Waals surface area (Å²) in [6.07, 6.45) is 0. The Bertz CT molecular complexity index is 698. The van der Waals surface area contributed by atoms with E-state index < -0.39 is 9.84 Å². The van der Waals surface area contributed by atoms with Crippen molar-refractivity contribution in [3.05, 3.63) is 28.7 Å². The molecule has 1 heterocycles. The monoisotopic (exact) mass is 390 g/mol. The third-order valence-electron chi connectivity index (χ3n) is 2.71. The highest BCUT2D eigenvalue weighted by Crippen LogP contribution is 2.20. The molecule has 0 fully saturated rings. The number of benzene rings is 1. The van der Waals surface area contributed by atoms with Gasteiger partial charge in [0, 0.05) is 10.2 Å². The summed E-state index contributed by atoms with van der Waals surface area (Å²) in [6.45, 7) is 3.94. The Kier molecular flexibility index (Phi) is 5.39. The topological polar surface area (TPSA) is 77.7 Å². The van der Waals surface area contributed by atoms with Crippen LogP contribution in [0.5, 0.6) is 0 Å². The lowest BCUT2D eigenvalue weighted by atomic mass is 10.4. The predicted octanol–water partition coefficient (Wildman–Crippen LogP) is 2.58. The predicted molar refractivity (Wildman–Crippen MR) is 85.1 cm³/mol. The quantitative estimate of drug-likeness (QED) is 0.705. The second-order valence-electron chi connectivity index (χ2n) is 4.62. The van der Waals surface area contributed by atoms with Crippen molar-refractivity contribution in [3.63, 3.8) is 0 Å². The summed E-state index contributed by atoms with van der Waals surface area (Å²) in [7, 11) is -3.28. The van der Waals surface area contributed by atoms with Crippen LogP contribution in [0.3, 0.4) is 0 Å². The fraction of sp³-hybridized carbons (Fsp3) is 0.417. The normalized spacial score (nSPS) is 12.0. The first-order chi connectivity index (χ1) is 9.90. The van der Waals surface area contributed by atoms with Crippen molar-refractivity contribution in [3.8, 4) is 0 Å². The Labute approximate surface area is 136 Å². The van der Waals surface area contributed by atoms with Gasteiger partial charge in [-0.1, -0.05) is 27.7 Å². The standard InChI is InChI=1S/C12H15BrN4O2S2/c1-9(2)17-12(14-15-16-17)20-7-8-21(18,19)11-5-3-10(13)4-6-11/h3-6,9H,7-8H2,1-2H3. The molecule has 0 aliphatic rings. The molecule has 2 aromatic rings. The second kappa shape index (κ2) is 6.89. The SMILES string of the molecule is CC(C)n1nnnc1SCCS(=O)(=O)c1ccc(Br)cc1. The van der Waals surface area contributed by atoms with Gasteiger partial charge in [0.15, 0.2) is 9.84 Å². The van der Waals surface area contributed by atoms with Crippen molar-refractivity contribution in [1.82, 2.24) is 20.2 Å². The largest absolute Gasteiger partial charge is 0.224 e. The van der Waals surface area contributed by atoms with Gasteiger partial charge in [0.05, 0.1) is 16.7 Å². The maximum Gasteiger partial charge on any atom is 0.209 e. The molecular formula is C12H15BrN4O2S2. The summed E-state index contributed by atoms with van der Waals surface area (Å²) in [4.78, 5) is 0.328. The minimum Gasteiger partial charge on any atom is -0.224 e. The van der Waals surface area contributed by atoms with E-state index in [0.717, 1.165) is 4.47 Å². The Hall–Kier alpha value is -0.930. The van der Waals surface area contributed by atoms with Crippen LogP contribution in [-0.2, 0) is 9.84 Å². The van der Waals surface area contributed by atoms with Gasteiger partial charge in [-0.3, -0.25) is 0 Å². The van der Waals surface area contributed by atoms with Crippen LogP contribution in [0.1, 0.15) is 19.9 Å². The van der Waals surface area contributed by atoms with Crippen molar-refractivity contribution in [1.29, 1.82) is 0 Å². The van der Waals surface area contributed by atoms with Crippen LogP contribution in [-0.4, -0.2) is 40.1 Å². The van der Waals surface area contributed by atoms with Crippen LogP contribution >= 0.6 is 27.7 Å². The molecule has 0 saturated heterocycles. The van der Waals surface area contributed by atoms with E-state index in [2.05, 4.69) is 31.5 Å². The first kappa shape index (κ1) is 16.4. The van der Waals surface area contributed by atoms with Gasteiger partial charge in [0.1, 0.15) is 0 Å². The number of sulfone groups is 1. The number of hydrogen-bond acceptors (Lipinski definition) is 6. The van der Waals surface area contributed by atoms with Gasteiger partial charge < -0.3 is 0 Å². The third kappa shape index (κ3) is 4.27. The lowest BCUT2D eigenvalue weighted by molar-refractivity contribution is 0.477. The van der Waals surface area contributed by atoms with Crippen molar-refractivity contribution < 1.29 is 8.42 Å². The van der Waals surface area contributed by atoms with E-state index in [9.17, 15) is 8.42 Å². The van der Waals surface area contributed by atoms with Crippen LogP contribution in [0.2, 0.25) is 0 Å². The molecule has 0 spiro atoms. The van der Waals surface area contributed by atoms with Gasteiger partial charge >= 0.3 is 0 Å². The zero-order chi connectivity index (χ0) is 15.5. The van der Waals surface area contributed by atoms with Crippen LogP contribution < -0.4 is 0 Å². The number of nitrogens with zero attached hydrogens (tertiary/aromatic N) is 4. The number of halogens is 1. The maximum absolute atomic E-state index is 12.2. The number of rotatable bonds is 6. The van der Waals surface area contributed by atoms with E-state index in [1.54, 1.807) is 28.9 Å². The number of thioether (sulfide) groups is 1. The van der Waals surface area contributed by atoms with E-state index in [-0.39, 0.29) is 11.8 Å². The number of tetrazole rings is 1. The summed E-state index contributed by atoms with van der Waals surface area (Å²) < 4.78 is 26.9. The van der Waals surface area contributed by atoms with Crippen molar-refractivity contribution in [2.45, 2.75) is 29.9 Å². The van der Waals surface area contributed by atoms with E-state index in [1.807, 2.05) is 13.8 Å². The molecule has 2 rings (SSSR count). The fourth-order valence-corrected chi connectivity index (χ4v) is 4.53. The lowest BCUT2D eigenvalue weighted by Gasteiger charge is -2.07. The summed E-state index contributed by atoms with van der Waals surface area (Å²) in [5, 5.41) is 12.0. The first-order valence-electron chi connectivity index (χ1n) is 6.29. The van der Waals surface area contributed by atoms with Crippen LogP contribution in [0.4, 0.5) is 0 Å². The number of aromatic nitrogens is 4. The Morgan fingerprint density at radius 1 is 1.29 bits per heavy atom. The van der Waals surface area contributed by atoms with Crippen LogP contribution in [0.25, 0.3) is 0 Å². The molecule has 0 unspecified atom stereocenters. The molecule has 6 nitrogen and oxygen atoms in total. The van der Waals surface area contributed by atoms with Crippen LogP contribution in [0.15, 0.2) is 38.8 Å². The third-order valence-corrected chi connectivity index (χ3v) is 6.16. The molecule has 0 saturated carbocycles. The molecule has 0 bridgehead atoms. The van der Waals surface area contributed by atoms with Gasteiger partial charge in [0.2, 0.25) is 5.16 Å². The molecule has 0 aliphatic heterocycles. The first-order valence-corrected chi connectivity index (χ1v) is 9.72. The molecule has 0 atom stereocenters. The maximum atomic E-state index is 12.2. The highest BCUT2D eigenvalue weighted by atomic mass is 79.9. The highest BCUT2D eigenvalue weighted by Gasteiger charge is 2.16. The summed E-state index contributed by atoms with van der Waals surface area (Å²) in [6, 6.07) is 6.79. The minimum absolute atomic E-state index is 0.0459.